The molecule has 0 saturated carbocycles. The normalized spacial score (nSPS) is 29.2. The minimum Gasteiger partial charge on any atom is -0.378 e. The highest BCUT2D eigenvalue weighted by molar-refractivity contribution is 7.17. The predicted molar refractivity (Wildman–Crippen MR) is 83.0 cm³/mol. The van der Waals surface area contributed by atoms with Crippen molar-refractivity contribution >= 4 is 27.2 Å². The Hall–Kier alpha value is -1.23. The lowest BCUT2D eigenvalue weighted by molar-refractivity contribution is -0.0920. The number of Topliss-reactive ketones (excluding diaryl/α,β-unsaturated/α-hetero) is 1. The van der Waals surface area contributed by atoms with E-state index in [1.54, 1.807) is 11.3 Å². The van der Waals surface area contributed by atoms with Crippen LogP contribution < -0.4 is 0 Å². The van der Waals surface area contributed by atoms with Gasteiger partial charge in [0.2, 0.25) is 0 Å². The number of hydrogen-bond acceptors (Lipinski definition) is 4. The van der Waals surface area contributed by atoms with Crippen LogP contribution in [0.1, 0.15) is 29.6 Å². The number of benzene rings is 1. The summed E-state index contributed by atoms with van der Waals surface area (Å²) in [5.41, 5.74) is 0.682. The maximum Gasteiger partial charge on any atom is 0.167 e. The maximum atomic E-state index is 12.9. The van der Waals surface area contributed by atoms with E-state index < -0.39 is 0 Å². The molecule has 2 aliphatic heterocycles. The smallest absolute Gasteiger partial charge is 0.167 e. The van der Waals surface area contributed by atoms with Gasteiger partial charge in [0.15, 0.2) is 5.78 Å². The van der Waals surface area contributed by atoms with Crippen molar-refractivity contribution in [2.75, 3.05) is 19.8 Å². The fraction of sp³-hybridized carbons (Fsp3) is 0.471. The summed E-state index contributed by atoms with van der Waals surface area (Å²) in [7, 11) is 0. The van der Waals surface area contributed by atoms with Gasteiger partial charge in [0.1, 0.15) is 0 Å². The lowest BCUT2D eigenvalue weighted by Gasteiger charge is -2.36. The van der Waals surface area contributed by atoms with Crippen LogP contribution in [0.25, 0.3) is 10.1 Å². The standard InChI is InChI=1S/C17H18O3S/c18-16(14-10-21-15-4-2-1-3-13(14)15)12-5-7-20-17(9-12)6-8-19-11-17/h1-4,10,12H,5-9,11H2. The third kappa shape index (κ3) is 2.31. The van der Waals surface area contributed by atoms with Crippen molar-refractivity contribution in [1.29, 1.82) is 0 Å². The first-order valence-corrected chi connectivity index (χ1v) is 8.38. The Balaban J connectivity index is 1.62. The predicted octanol–water partition coefficient (Wildman–Crippen LogP) is 3.67. The van der Waals surface area contributed by atoms with Crippen molar-refractivity contribution in [1.82, 2.24) is 0 Å². The molecule has 4 rings (SSSR count). The lowest BCUT2D eigenvalue weighted by Crippen LogP contribution is -2.42. The van der Waals surface area contributed by atoms with Crippen molar-refractivity contribution < 1.29 is 14.3 Å². The van der Waals surface area contributed by atoms with Crippen LogP contribution in [0, 0.1) is 5.92 Å². The molecule has 110 valence electrons. The molecule has 3 nitrogen and oxygen atoms in total. The number of fused-ring (bicyclic) bond motifs is 1. The van der Waals surface area contributed by atoms with Gasteiger partial charge in [0, 0.05) is 46.6 Å². The van der Waals surface area contributed by atoms with Crippen LogP contribution in [0.5, 0.6) is 0 Å². The van der Waals surface area contributed by atoms with E-state index in [1.807, 2.05) is 23.6 Å². The number of ketones is 1. The lowest BCUT2D eigenvalue weighted by atomic mass is 9.81. The molecule has 1 aromatic carbocycles. The van der Waals surface area contributed by atoms with E-state index in [0.29, 0.717) is 13.2 Å². The van der Waals surface area contributed by atoms with Crippen molar-refractivity contribution in [3.05, 3.63) is 35.2 Å². The first-order valence-electron chi connectivity index (χ1n) is 7.50. The number of carbonyl (C=O) groups excluding carboxylic acids is 1. The quantitative estimate of drug-likeness (QED) is 0.794. The zero-order valence-electron chi connectivity index (χ0n) is 11.8. The summed E-state index contributed by atoms with van der Waals surface area (Å²) in [6.07, 6.45) is 2.54. The number of hydrogen-bond donors (Lipinski definition) is 0. The molecule has 3 heterocycles. The second-order valence-corrected chi connectivity index (χ2v) is 6.94. The van der Waals surface area contributed by atoms with E-state index in [4.69, 9.17) is 9.47 Å². The minimum absolute atomic E-state index is 0.0680. The zero-order chi connectivity index (χ0) is 14.3. The third-order valence-electron chi connectivity index (χ3n) is 4.68. The summed E-state index contributed by atoms with van der Waals surface area (Å²) in [6.45, 7) is 2.06. The molecule has 2 saturated heterocycles. The van der Waals surface area contributed by atoms with E-state index in [-0.39, 0.29) is 17.3 Å². The van der Waals surface area contributed by atoms with Gasteiger partial charge in [-0.3, -0.25) is 4.79 Å². The molecule has 21 heavy (non-hydrogen) atoms. The highest BCUT2D eigenvalue weighted by Gasteiger charge is 2.43. The molecule has 0 aliphatic carbocycles. The minimum atomic E-state index is -0.204. The highest BCUT2D eigenvalue weighted by atomic mass is 32.1. The van der Waals surface area contributed by atoms with Gasteiger partial charge in [-0.05, 0) is 18.9 Å². The van der Waals surface area contributed by atoms with E-state index >= 15 is 0 Å². The van der Waals surface area contributed by atoms with E-state index in [2.05, 4.69) is 6.07 Å². The Kier molecular flexibility index (Phi) is 3.32. The second-order valence-electron chi connectivity index (χ2n) is 6.03. The molecule has 2 fully saturated rings. The van der Waals surface area contributed by atoms with Crippen LogP contribution in [0.15, 0.2) is 29.6 Å². The van der Waals surface area contributed by atoms with Gasteiger partial charge in [0.05, 0.1) is 12.2 Å². The summed E-state index contributed by atoms with van der Waals surface area (Å²) in [5.74, 6) is 0.348. The van der Waals surface area contributed by atoms with Gasteiger partial charge in [-0.1, -0.05) is 18.2 Å². The van der Waals surface area contributed by atoms with Crippen molar-refractivity contribution in [3.63, 3.8) is 0 Å². The van der Waals surface area contributed by atoms with Crippen LogP contribution in [0.4, 0.5) is 0 Å². The maximum absolute atomic E-state index is 12.9. The molecule has 2 unspecified atom stereocenters. The first kappa shape index (κ1) is 13.4. The van der Waals surface area contributed by atoms with Gasteiger partial charge in [-0.2, -0.15) is 0 Å². The Morgan fingerprint density at radius 1 is 1.29 bits per heavy atom. The Morgan fingerprint density at radius 2 is 2.19 bits per heavy atom. The summed E-state index contributed by atoms with van der Waals surface area (Å²) in [6, 6.07) is 8.15. The average molecular weight is 302 g/mol. The van der Waals surface area contributed by atoms with Gasteiger partial charge in [0.25, 0.3) is 0 Å². The monoisotopic (exact) mass is 302 g/mol. The molecule has 1 aromatic heterocycles. The molecule has 1 spiro atoms. The van der Waals surface area contributed by atoms with Crippen molar-refractivity contribution in [3.8, 4) is 0 Å². The topological polar surface area (TPSA) is 35.5 Å². The highest BCUT2D eigenvalue weighted by Crippen LogP contribution is 2.38. The molecule has 0 bridgehead atoms. The van der Waals surface area contributed by atoms with E-state index in [1.165, 1.54) is 4.70 Å². The van der Waals surface area contributed by atoms with Gasteiger partial charge in [-0.25, -0.2) is 0 Å². The van der Waals surface area contributed by atoms with Crippen LogP contribution in [0.2, 0.25) is 0 Å². The molecule has 4 heteroatoms. The van der Waals surface area contributed by atoms with Crippen LogP contribution in [0.3, 0.4) is 0 Å². The van der Waals surface area contributed by atoms with Gasteiger partial charge in [-0.15, -0.1) is 11.3 Å². The van der Waals surface area contributed by atoms with Gasteiger partial charge >= 0.3 is 0 Å². The molecule has 0 radical (unpaired) electrons. The Labute approximate surface area is 127 Å². The molecule has 2 aliphatic rings. The van der Waals surface area contributed by atoms with Crippen LogP contribution in [-0.2, 0) is 9.47 Å². The Bertz CT molecular complexity index is 669. The number of thiophene rings is 1. The fourth-order valence-corrected chi connectivity index (χ4v) is 4.45. The molecule has 0 amide bonds. The summed E-state index contributed by atoms with van der Waals surface area (Å²) >= 11 is 1.65. The van der Waals surface area contributed by atoms with E-state index in [0.717, 1.165) is 36.8 Å². The number of rotatable bonds is 2. The fourth-order valence-electron chi connectivity index (χ4n) is 3.50. The Morgan fingerprint density at radius 3 is 3.05 bits per heavy atom. The SMILES string of the molecule is O=C(c1csc2ccccc12)C1CCOC2(CCOC2)C1. The van der Waals surface area contributed by atoms with Crippen molar-refractivity contribution in [2.45, 2.75) is 24.9 Å². The molecular formula is C17H18O3S. The molecule has 0 N–H and O–H groups in total. The second kappa shape index (κ2) is 5.20. The van der Waals surface area contributed by atoms with Crippen molar-refractivity contribution in [2.24, 2.45) is 5.92 Å². The molecular weight excluding hydrogens is 284 g/mol. The first-order chi connectivity index (χ1) is 10.3. The largest absolute Gasteiger partial charge is 0.378 e. The van der Waals surface area contributed by atoms with E-state index in [9.17, 15) is 4.79 Å². The van der Waals surface area contributed by atoms with Crippen LogP contribution in [-0.4, -0.2) is 31.2 Å². The number of ether oxygens (including phenoxy) is 2. The van der Waals surface area contributed by atoms with Gasteiger partial charge < -0.3 is 9.47 Å². The van der Waals surface area contributed by atoms with Crippen LogP contribution >= 0.6 is 11.3 Å². The summed E-state index contributed by atoms with van der Waals surface area (Å²) < 4.78 is 12.6. The number of carbonyl (C=O) groups is 1. The molecule has 2 atom stereocenters. The molecule has 2 aromatic rings. The average Bonchev–Trinajstić information content (AvgIpc) is 3.14. The third-order valence-corrected chi connectivity index (χ3v) is 5.64. The summed E-state index contributed by atoms with van der Waals surface area (Å²) in [4.78, 5) is 12.9. The zero-order valence-corrected chi connectivity index (χ0v) is 12.7. The summed E-state index contributed by atoms with van der Waals surface area (Å²) in [5, 5.41) is 3.11.